The number of carbonyl (C=O) groups excluding carboxylic acids is 1. The van der Waals surface area contributed by atoms with Crippen molar-refractivity contribution >= 4 is 22.5 Å². The quantitative estimate of drug-likeness (QED) is 0.128. The second-order valence-corrected chi connectivity index (χ2v) is 14.0. The minimum Gasteiger partial charge on any atom is -0.493 e. The lowest BCUT2D eigenvalue weighted by atomic mass is 9.83. The molecular formula is C41H42F2N4O7. The van der Waals surface area contributed by atoms with E-state index >= 15 is 4.39 Å². The number of ether oxygens (including phenoxy) is 5. The normalized spacial score (nSPS) is 15.1. The van der Waals surface area contributed by atoms with Crippen LogP contribution in [-0.2, 0) is 0 Å². The number of likely N-dealkylation sites (tertiary alicyclic amines) is 1. The summed E-state index contributed by atoms with van der Waals surface area (Å²) in [5, 5.41) is 3.08. The molecule has 282 valence electrons. The first-order valence-corrected chi connectivity index (χ1v) is 18.1. The van der Waals surface area contributed by atoms with Crippen molar-refractivity contribution in [3.05, 3.63) is 101 Å². The van der Waals surface area contributed by atoms with Gasteiger partial charge in [-0.15, -0.1) is 0 Å². The molecule has 2 aliphatic rings. The third-order valence-corrected chi connectivity index (χ3v) is 9.62. The van der Waals surface area contributed by atoms with E-state index in [1.54, 1.807) is 25.3 Å². The van der Waals surface area contributed by atoms with Gasteiger partial charge in [-0.25, -0.2) is 8.78 Å². The van der Waals surface area contributed by atoms with Gasteiger partial charge in [0, 0.05) is 42.4 Å². The third-order valence-electron chi connectivity index (χ3n) is 9.62. The van der Waals surface area contributed by atoms with Crippen LogP contribution < -0.4 is 34.6 Å². The molecule has 2 aromatic heterocycles. The van der Waals surface area contributed by atoms with Crippen molar-refractivity contribution in [2.75, 3.05) is 51.4 Å². The molecule has 1 N–H and O–H groups in total. The molecule has 0 atom stereocenters. The van der Waals surface area contributed by atoms with Crippen LogP contribution in [0.15, 0.2) is 77.9 Å². The first-order valence-electron chi connectivity index (χ1n) is 18.1. The molecule has 0 unspecified atom stereocenters. The summed E-state index contributed by atoms with van der Waals surface area (Å²) in [5.74, 6) is -0.495. The van der Waals surface area contributed by atoms with Crippen LogP contribution in [0.4, 0.5) is 14.5 Å². The van der Waals surface area contributed by atoms with E-state index < -0.39 is 23.1 Å². The summed E-state index contributed by atoms with van der Waals surface area (Å²) in [6.45, 7) is 10.8. The molecule has 0 bridgehead atoms. The van der Waals surface area contributed by atoms with Crippen LogP contribution in [-0.4, -0.2) is 66.4 Å². The molecule has 1 amide bonds. The number of amides is 1. The summed E-state index contributed by atoms with van der Waals surface area (Å²) < 4.78 is 60.3. The molecular weight excluding hydrogens is 698 g/mol. The summed E-state index contributed by atoms with van der Waals surface area (Å²) in [6.07, 6.45) is 6.22. The van der Waals surface area contributed by atoms with Gasteiger partial charge in [0.15, 0.2) is 23.1 Å². The second kappa shape index (κ2) is 15.7. The van der Waals surface area contributed by atoms with Gasteiger partial charge in [-0.3, -0.25) is 19.1 Å². The Kier molecular flexibility index (Phi) is 10.7. The standard InChI is InChI=1S/C41H42F2N4O7/c1-4-50-32-13-18-47(28-9-6-26(42)7-10-28)40(49)36(32)39(48)45-27-8-11-31(29(43)24-27)54-33-12-16-44-30-25-34(37-38(35(30)33)53-23-22-52-37)51-21-5-17-46-19-14-41(2,3)15-20-46/h6-13,16,18,24-25H,4-5,14-15,17,19-23H2,1-3H3,(H,45,48). The number of hydrogen-bond acceptors (Lipinski definition) is 9. The Hall–Kier alpha value is -5.69. The lowest BCUT2D eigenvalue weighted by molar-refractivity contribution is 0.102. The number of piperidine rings is 1. The van der Waals surface area contributed by atoms with E-state index in [1.165, 1.54) is 66.1 Å². The molecule has 4 heterocycles. The van der Waals surface area contributed by atoms with E-state index in [2.05, 4.69) is 29.0 Å². The number of hydrogen-bond donors (Lipinski definition) is 1. The zero-order valence-electron chi connectivity index (χ0n) is 30.5. The van der Waals surface area contributed by atoms with E-state index in [1.807, 2.05) is 0 Å². The molecule has 1 fully saturated rings. The maximum absolute atomic E-state index is 15.6. The van der Waals surface area contributed by atoms with Gasteiger partial charge in [0.25, 0.3) is 11.5 Å². The second-order valence-electron chi connectivity index (χ2n) is 14.0. The number of nitrogens with one attached hydrogen (secondary N) is 1. The van der Waals surface area contributed by atoms with Crippen LogP contribution in [0.2, 0.25) is 0 Å². The van der Waals surface area contributed by atoms with Gasteiger partial charge in [0.1, 0.15) is 36.1 Å². The minimum absolute atomic E-state index is 0.0492. The van der Waals surface area contributed by atoms with E-state index in [-0.39, 0.29) is 35.1 Å². The number of halogens is 2. The van der Waals surface area contributed by atoms with Gasteiger partial charge in [0.2, 0.25) is 5.75 Å². The van der Waals surface area contributed by atoms with Crippen molar-refractivity contribution in [2.45, 2.75) is 40.0 Å². The smallest absolute Gasteiger partial charge is 0.271 e. The van der Waals surface area contributed by atoms with E-state index in [4.69, 9.17) is 23.7 Å². The van der Waals surface area contributed by atoms with Crippen LogP contribution in [0.3, 0.4) is 0 Å². The number of rotatable bonds is 12. The fourth-order valence-corrected chi connectivity index (χ4v) is 6.60. The van der Waals surface area contributed by atoms with Crippen LogP contribution in [0, 0.1) is 17.0 Å². The van der Waals surface area contributed by atoms with Crippen LogP contribution >= 0.6 is 0 Å². The van der Waals surface area contributed by atoms with Crippen molar-refractivity contribution < 1.29 is 37.3 Å². The van der Waals surface area contributed by atoms with E-state index in [0.717, 1.165) is 32.1 Å². The molecule has 13 heteroatoms. The van der Waals surface area contributed by atoms with Gasteiger partial charge in [-0.05, 0) is 93.2 Å². The van der Waals surface area contributed by atoms with Gasteiger partial charge >= 0.3 is 0 Å². The van der Waals surface area contributed by atoms with Crippen molar-refractivity contribution in [3.63, 3.8) is 0 Å². The Balaban J connectivity index is 1.08. The predicted octanol–water partition coefficient (Wildman–Crippen LogP) is 7.77. The first kappa shape index (κ1) is 36.7. The number of benzene rings is 3. The number of pyridine rings is 2. The lowest BCUT2D eigenvalue weighted by Crippen LogP contribution is -2.38. The summed E-state index contributed by atoms with van der Waals surface area (Å²) >= 11 is 0. The third kappa shape index (κ3) is 7.96. The van der Waals surface area contributed by atoms with Crippen LogP contribution in [0.25, 0.3) is 16.6 Å². The molecule has 0 radical (unpaired) electrons. The Labute approximate surface area is 311 Å². The summed E-state index contributed by atoms with van der Waals surface area (Å²) in [6, 6.07) is 14.0. The SMILES string of the molecule is CCOc1ccn(-c2ccc(F)cc2)c(=O)c1C(=O)Nc1ccc(Oc2ccnc3cc(OCCCN4CCC(C)(C)CC4)c4c(c23)OCCO4)c(F)c1. The molecule has 2 aliphatic heterocycles. The Morgan fingerprint density at radius 1 is 0.907 bits per heavy atom. The minimum atomic E-state index is -0.814. The number of anilines is 1. The zero-order valence-corrected chi connectivity index (χ0v) is 30.5. The maximum Gasteiger partial charge on any atom is 0.271 e. The zero-order chi connectivity index (χ0) is 37.8. The molecule has 0 saturated carbocycles. The number of nitrogens with zero attached hydrogens (tertiary/aromatic N) is 3. The first-order chi connectivity index (χ1) is 26.1. The summed E-state index contributed by atoms with van der Waals surface area (Å²) in [5.41, 5.74) is 0.354. The lowest BCUT2D eigenvalue weighted by Gasteiger charge is -2.36. The molecule has 54 heavy (non-hydrogen) atoms. The molecule has 0 spiro atoms. The fraction of sp³-hybridized carbons (Fsp3) is 0.341. The predicted molar refractivity (Wildman–Crippen MR) is 200 cm³/mol. The maximum atomic E-state index is 15.6. The molecule has 0 aliphatic carbocycles. The Morgan fingerprint density at radius 3 is 2.41 bits per heavy atom. The topological polar surface area (TPSA) is 113 Å². The molecule has 1 saturated heterocycles. The van der Waals surface area contributed by atoms with Gasteiger partial charge in [-0.1, -0.05) is 13.8 Å². The van der Waals surface area contributed by atoms with Crippen LogP contribution in [0.5, 0.6) is 34.5 Å². The number of aromatic nitrogens is 2. The molecule has 11 nitrogen and oxygen atoms in total. The highest BCUT2D eigenvalue weighted by molar-refractivity contribution is 6.06. The fourth-order valence-electron chi connectivity index (χ4n) is 6.60. The Bertz CT molecular complexity index is 2220. The molecule has 5 aromatic rings. The van der Waals surface area contributed by atoms with E-state index in [0.29, 0.717) is 59.1 Å². The average molecular weight is 741 g/mol. The van der Waals surface area contributed by atoms with Gasteiger partial charge in [0.05, 0.1) is 24.1 Å². The van der Waals surface area contributed by atoms with Gasteiger partial charge < -0.3 is 33.9 Å². The Morgan fingerprint density at radius 2 is 1.67 bits per heavy atom. The van der Waals surface area contributed by atoms with Crippen LogP contribution in [0.1, 0.15) is 50.4 Å². The van der Waals surface area contributed by atoms with Crippen molar-refractivity contribution in [3.8, 4) is 40.2 Å². The highest BCUT2D eigenvalue weighted by Gasteiger charge is 2.27. The summed E-state index contributed by atoms with van der Waals surface area (Å²) in [4.78, 5) is 34.0. The highest BCUT2D eigenvalue weighted by Crippen LogP contribution is 2.48. The van der Waals surface area contributed by atoms with Crippen molar-refractivity contribution in [2.24, 2.45) is 5.41 Å². The average Bonchev–Trinajstić information content (AvgIpc) is 3.15. The van der Waals surface area contributed by atoms with E-state index in [9.17, 15) is 14.0 Å². The monoisotopic (exact) mass is 740 g/mol. The van der Waals surface area contributed by atoms with Crippen molar-refractivity contribution in [1.82, 2.24) is 14.5 Å². The largest absolute Gasteiger partial charge is 0.493 e. The molecule has 7 rings (SSSR count). The summed E-state index contributed by atoms with van der Waals surface area (Å²) in [7, 11) is 0. The number of fused-ring (bicyclic) bond motifs is 3. The number of carbonyl (C=O) groups is 1. The van der Waals surface area contributed by atoms with Gasteiger partial charge in [-0.2, -0.15) is 0 Å². The highest BCUT2D eigenvalue weighted by atomic mass is 19.1. The molecule has 3 aromatic carbocycles. The van der Waals surface area contributed by atoms with Crippen molar-refractivity contribution in [1.29, 1.82) is 0 Å².